The Bertz CT molecular complexity index is 1310. The van der Waals surface area contributed by atoms with Crippen molar-refractivity contribution < 1.29 is 9.18 Å². The Labute approximate surface area is 174 Å². The number of fused-ring (bicyclic) bond motifs is 1. The van der Waals surface area contributed by atoms with Crippen LogP contribution in [0.25, 0.3) is 11.0 Å². The Morgan fingerprint density at radius 1 is 1.00 bits per heavy atom. The monoisotopic (exact) mass is 424 g/mol. The van der Waals surface area contributed by atoms with Crippen molar-refractivity contribution in [1.29, 1.82) is 0 Å². The largest absolute Gasteiger partial charge is 0.350 e. The quantitative estimate of drug-likeness (QED) is 0.514. The van der Waals surface area contributed by atoms with Gasteiger partial charge >= 0.3 is 5.69 Å². The molecule has 7 nitrogen and oxygen atoms in total. The summed E-state index contributed by atoms with van der Waals surface area (Å²) < 4.78 is 19.5. The molecule has 0 spiro atoms. The minimum Gasteiger partial charge on any atom is -0.350 e. The van der Waals surface area contributed by atoms with Crippen molar-refractivity contribution in [2.24, 2.45) is 0 Å². The van der Waals surface area contributed by atoms with Crippen molar-refractivity contribution in [1.82, 2.24) is 18.8 Å². The molecule has 0 aliphatic carbocycles. The van der Waals surface area contributed by atoms with Crippen LogP contribution >= 0.6 is 11.5 Å². The molecule has 1 amide bonds. The summed E-state index contributed by atoms with van der Waals surface area (Å²) in [6.45, 7) is 0.0377. The second-order valence-corrected chi connectivity index (χ2v) is 7.33. The summed E-state index contributed by atoms with van der Waals surface area (Å²) in [4.78, 5) is 38.3. The molecule has 0 aliphatic rings. The first-order valence-corrected chi connectivity index (χ1v) is 9.99. The molecule has 0 radical (unpaired) electrons. The minimum atomic E-state index is -0.619. The van der Waals surface area contributed by atoms with E-state index in [9.17, 15) is 18.8 Å². The molecule has 0 atom stereocenters. The molecule has 30 heavy (non-hydrogen) atoms. The average molecular weight is 424 g/mol. The van der Waals surface area contributed by atoms with Crippen molar-refractivity contribution >= 4 is 28.5 Å². The average Bonchev–Trinajstić information content (AvgIpc) is 3.25. The second-order valence-electron chi connectivity index (χ2n) is 6.70. The molecule has 152 valence electrons. The van der Waals surface area contributed by atoms with E-state index in [1.165, 1.54) is 28.8 Å². The normalized spacial score (nSPS) is 11.0. The molecular weight excluding hydrogens is 407 g/mol. The lowest BCUT2D eigenvalue weighted by Crippen LogP contribution is -2.42. The van der Waals surface area contributed by atoms with Gasteiger partial charge in [0.2, 0.25) is 5.91 Å². The lowest BCUT2D eigenvalue weighted by molar-refractivity contribution is -0.121. The van der Waals surface area contributed by atoms with Gasteiger partial charge in [0.15, 0.2) is 5.52 Å². The van der Waals surface area contributed by atoms with E-state index in [1.54, 1.807) is 5.38 Å². The number of rotatable bonds is 6. The number of aromatic nitrogens is 3. The number of hydrogen-bond acceptors (Lipinski definition) is 5. The van der Waals surface area contributed by atoms with Crippen LogP contribution in [0.1, 0.15) is 11.1 Å². The molecule has 0 bridgehead atoms. The fourth-order valence-electron chi connectivity index (χ4n) is 3.10. The summed E-state index contributed by atoms with van der Waals surface area (Å²) >= 11 is 1.04. The molecule has 0 saturated heterocycles. The zero-order chi connectivity index (χ0) is 21.1. The predicted octanol–water partition coefficient (Wildman–Crippen LogP) is 2.12. The van der Waals surface area contributed by atoms with Crippen LogP contribution in [0.4, 0.5) is 4.39 Å². The fraction of sp³-hybridized carbons (Fsp3) is 0.143. The maximum absolute atomic E-state index is 13.2. The van der Waals surface area contributed by atoms with Gasteiger partial charge in [0.1, 0.15) is 12.4 Å². The van der Waals surface area contributed by atoms with Gasteiger partial charge in [-0.3, -0.25) is 18.7 Å². The van der Waals surface area contributed by atoms with Gasteiger partial charge in [0.05, 0.1) is 12.1 Å². The number of carbonyl (C=O) groups excluding carboxylic acids is 1. The SMILES string of the molecule is O=C(Cn1c(=O)n(Cc2ccc(F)cc2)c(=O)c2nscc21)NCc1ccccc1. The highest BCUT2D eigenvalue weighted by Crippen LogP contribution is 2.11. The van der Waals surface area contributed by atoms with Gasteiger partial charge in [-0.25, -0.2) is 9.18 Å². The first-order chi connectivity index (χ1) is 14.5. The smallest absolute Gasteiger partial charge is 0.332 e. The molecule has 4 rings (SSSR count). The third-order valence-electron chi connectivity index (χ3n) is 4.64. The Morgan fingerprint density at radius 3 is 2.47 bits per heavy atom. The summed E-state index contributed by atoms with van der Waals surface area (Å²) in [6, 6.07) is 14.9. The van der Waals surface area contributed by atoms with Gasteiger partial charge in [-0.15, -0.1) is 0 Å². The third kappa shape index (κ3) is 4.06. The van der Waals surface area contributed by atoms with E-state index in [-0.39, 0.29) is 24.5 Å². The topological polar surface area (TPSA) is 86.0 Å². The van der Waals surface area contributed by atoms with E-state index in [0.717, 1.165) is 21.7 Å². The first-order valence-electron chi connectivity index (χ1n) is 9.16. The van der Waals surface area contributed by atoms with E-state index in [4.69, 9.17) is 0 Å². The second kappa shape index (κ2) is 8.42. The van der Waals surface area contributed by atoms with E-state index in [0.29, 0.717) is 17.6 Å². The number of nitrogens with one attached hydrogen (secondary N) is 1. The Hall–Kier alpha value is -3.59. The highest BCUT2D eigenvalue weighted by Gasteiger charge is 2.17. The van der Waals surface area contributed by atoms with Crippen LogP contribution in [-0.4, -0.2) is 19.4 Å². The van der Waals surface area contributed by atoms with E-state index in [1.807, 2.05) is 30.3 Å². The van der Waals surface area contributed by atoms with E-state index < -0.39 is 17.1 Å². The molecular formula is C21H17FN4O3S. The summed E-state index contributed by atoms with van der Waals surface area (Å²) in [5.41, 5.74) is 0.804. The van der Waals surface area contributed by atoms with Gasteiger partial charge < -0.3 is 5.32 Å². The number of amides is 1. The van der Waals surface area contributed by atoms with Crippen LogP contribution in [0.3, 0.4) is 0 Å². The summed E-state index contributed by atoms with van der Waals surface area (Å²) in [5.74, 6) is -0.769. The molecule has 2 heterocycles. The number of benzene rings is 2. The van der Waals surface area contributed by atoms with Crippen LogP contribution in [0.2, 0.25) is 0 Å². The number of hydrogen-bond donors (Lipinski definition) is 1. The zero-order valence-corrected chi connectivity index (χ0v) is 16.6. The number of carbonyl (C=O) groups is 1. The molecule has 4 aromatic rings. The molecule has 0 saturated carbocycles. The summed E-state index contributed by atoms with van der Waals surface area (Å²) in [7, 11) is 0. The summed E-state index contributed by atoms with van der Waals surface area (Å²) in [6.07, 6.45) is 0. The highest BCUT2D eigenvalue weighted by atomic mass is 32.1. The van der Waals surface area contributed by atoms with Crippen molar-refractivity contribution in [2.45, 2.75) is 19.6 Å². The van der Waals surface area contributed by atoms with Gasteiger partial charge in [-0.1, -0.05) is 42.5 Å². The van der Waals surface area contributed by atoms with Crippen molar-refractivity contribution in [3.05, 3.63) is 97.8 Å². The number of halogens is 1. The zero-order valence-electron chi connectivity index (χ0n) is 15.7. The number of nitrogens with zero attached hydrogens (tertiary/aromatic N) is 3. The molecule has 2 aromatic carbocycles. The van der Waals surface area contributed by atoms with Crippen LogP contribution < -0.4 is 16.6 Å². The maximum Gasteiger partial charge on any atom is 0.332 e. The molecule has 9 heteroatoms. The van der Waals surface area contributed by atoms with Gasteiger partial charge in [-0.05, 0) is 34.8 Å². The molecule has 0 fully saturated rings. The fourth-order valence-corrected chi connectivity index (χ4v) is 3.76. The Balaban J connectivity index is 1.64. The molecule has 0 aliphatic heterocycles. The van der Waals surface area contributed by atoms with Gasteiger partial charge in [-0.2, -0.15) is 4.37 Å². The first kappa shape index (κ1) is 19.7. The van der Waals surface area contributed by atoms with Crippen LogP contribution in [-0.2, 0) is 24.4 Å². The molecule has 1 N–H and O–H groups in total. The van der Waals surface area contributed by atoms with Gasteiger partial charge in [0.25, 0.3) is 5.56 Å². The van der Waals surface area contributed by atoms with Crippen molar-refractivity contribution in [3.63, 3.8) is 0 Å². The van der Waals surface area contributed by atoms with Crippen LogP contribution in [0.5, 0.6) is 0 Å². The Morgan fingerprint density at radius 2 is 1.73 bits per heavy atom. The van der Waals surface area contributed by atoms with E-state index >= 15 is 0 Å². The predicted molar refractivity (Wildman–Crippen MR) is 112 cm³/mol. The molecule has 2 aromatic heterocycles. The lowest BCUT2D eigenvalue weighted by atomic mass is 10.2. The van der Waals surface area contributed by atoms with Crippen LogP contribution in [0, 0.1) is 5.82 Å². The minimum absolute atomic E-state index is 0.0446. The summed E-state index contributed by atoms with van der Waals surface area (Å²) in [5, 5.41) is 4.35. The van der Waals surface area contributed by atoms with Crippen molar-refractivity contribution in [2.75, 3.05) is 0 Å². The molecule has 0 unspecified atom stereocenters. The van der Waals surface area contributed by atoms with Crippen molar-refractivity contribution in [3.8, 4) is 0 Å². The lowest BCUT2D eigenvalue weighted by Gasteiger charge is -2.12. The Kier molecular flexibility index (Phi) is 5.53. The maximum atomic E-state index is 13.2. The third-order valence-corrected chi connectivity index (χ3v) is 5.26. The van der Waals surface area contributed by atoms with E-state index in [2.05, 4.69) is 9.69 Å². The highest BCUT2D eigenvalue weighted by molar-refractivity contribution is 7.04. The van der Waals surface area contributed by atoms with Crippen LogP contribution in [0.15, 0.2) is 69.6 Å². The standard InChI is InChI=1S/C21H17FN4O3S/c22-16-8-6-15(7-9-16)11-26-20(28)19-17(13-30-24-19)25(21(26)29)12-18(27)23-10-14-4-2-1-3-5-14/h1-9,13H,10-12H2,(H,23,27). The van der Waals surface area contributed by atoms with Gasteiger partial charge in [0, 0.05) is 11.9 Å².